The SMILES string of the molecule is COc1ccc(N2CCC(NC(=O)N[C@H](C)C(=O)N(C)C)CC2)cc1. The quantitative estimate of drug-likeness (QED) is 0.844. The van der Waals surface area contributed by atoms with Crippen LogP contribution in [0.15, 0.2) is 24.3 Å². The van der Waals surface area contributed by atoms with Crippen LogP contribution in [0.1, 0.15) is 19.8 Å². The maximum atomic E-state index is 12.1. The van der Waals surface area contributed by atoms with Gasteiger partial charge in [-0.15, -0.1) is 0 Å². The van der Waals surface area contributed by atoms with Crippen molar-refractivity contribution in [2.75, 3.05) is 39.2 Å². The number of amides is 3. The number of benzene rings is 1. The Balaban J connectivity index is 1.77. The Morgan fingerprint density at radius 2 is 1.80 bits per heavy atom. The number of piperidine rings is 1. The molecular formula is C18H28N4O3. The van der Waals surface area contributed by atoms with Gasteiger partial charge in [-0.1, -0.05) is 0 Å². The minimum Gasteiger partial charge on any atom is -0.497 e. The fourth-order valence-corrected chi connectivity index (χ4v) is 2.95. The fraction of sp³-hybridized carbons (Fsp3) is 0.556. The monoisotopic (exact) mass is 348 g/mol. The highest BCUT2D eigenvalue weighted by molar-refractivity contribution is 5.86. The molecule has 7 heteroatoms. The van der Waals surface area contributed by atoms with Gasteiger partial charge >= 0.3 is 6.03 Å². The largest absolute Gasteiger partial charge is 0.497 e. The van der Waals surface area contributed by atoms with Gasteiger partial charge in [0.05, 0.1) is 7.11 Å². The second-order valence-electron chi connectivity index (χ2n) is 6.53. The van der Waals surface area contributed by atoms with Crippen LogP contribution in [-0.4, -0.2) is 63.2 Å². The van der Waals surface area contributed by atoms with Crippen molar-refractivity contribution in [2.45, 2.75) is 31.8 Å². The normalized spacial score (nSPS) is 16.1. The Labute approximate surface area is 149 Å². The van der Waals surface area contributed by atoms with Gasteiger partial charge < -0.3 is 25.2 Å². The van der Waals surface area contributed by atoms with Crippen LogP contribution in [-0.2, 0) is 4.79 Å². The maximum absolute atomic E-state index is 12.1. The van der Waals surface area contributed by atoms with E-state index in [-0.39, 0.29) is 18.0 Å². The molecule has 0 unspecified atom stereocenters. The molecular weight excluding hydrogens is 320 g/mol. The molecule has 1 fully saturated rings. The van der Waals surface area contributed by atoms with E-state index < -0.39 is 6.04 Å². The molecule has 1 aromatic rings. The number of methoxy groups -OCH3 is 1. The Bertz CT molecular complexity index is 580. The van der Waals surface area contributed by atoms with Crippen LogP contribution in [0, 0.1) is 0 Å². The fourth-order valence-electron chi connectivity index (χ4n) is 2.95. The molecule has 3 amide bonds. The Hall–Kier alpha value is -2.44. The number of hydrogen-bond donors (Lipinski definition) is 2. The maximum Gasteiger partial charge on any atom is 0.315 e. The highest BCUT2D eigenvalue weighted by atomic mass is 16.5. The number of carbonyl (C=O) groups excluding carboxylic acids is 2. The van der Waals surface area contributed by atoms with Gasteiger partial charge in [0.15, 0.2) is 0 Å². The van der Waals surface area contributed by atoms with E-state index in [0.29, 0.717) is 0 Å². The van der Waals surface area contributed by atoms with Crippen LogP contribution < -0.4 is 20.3 Å². The number of anilines is 1. The van der Waals surface area contributed by atoms with E-state index in [4.69, 9.17) is 4.74 Å². The molecule has 2 N–H and O–H groups in total. The lowest BCUT2D eigenvalue weighted by atomic mass is 10.0. The third-order valence-corrected chi connectivity index (χ3v) is 4.43. The highest BCUT2D eigenvalue weighted by Crippen LogP contribution is 2.22. The molecule has 1 heterocycles. The molecule has 25 heavy (non-hydrogen) atoms. The van der Waals surface area contributed by atoms with Crippen LogP contribution in [0.25, 0.3) is 0 Å². The lowest BCUT2D eigenvalue weighted by Crippen LogP contribution is -2.52. The minimum atomic E-state index is -0.533. The first-order valence-corrected chi connectivity index (χ1v) is 8.58. The molecule has 0 bridgehead atoms. The van der Waals surface area contributed by atoms with Crippen molar-refractivity contribution in [1.29, 1.82) is 0 Å². The summed E-state index contributed by atoms with van der Waals surface area (Å²) in [4.78, 5) is 27.6. The summed E-state index contributed by atoms with van der Waals surface area (Å²) in [6.45, 7) is 3.45. The van der Waals surface area contributed by atoms with Gasteiger partial charge in [0.1, 0.15) is 11.8 Å². The van der Waals surface area contributed by atoms with Gasteiger partial charge in [0.2, 0.25) is 5.91 Å². The van der Waals surface area contributed by atoms with Crippen LogP contribution in [0.4, 0.5) is 10.5 Å². The lowest BCUT2D eigenvalue weighted by molar-refractivity contribution is -0.130. The summed E-state index contributed by atoms with van der Waals surface area (Å²) in [5.41, 5.74) is 1.16. The molecule has 138 valence electrons. The van der Waals surface area contributed by atoms with Gasteiger partial charge in [0, 0.05) is 38.9 Å². The first-order valence-electron chi connectivity index (χ1n) is 8.58. The van der Waals surface area contributed by atoms with Gasteiger partial charge in [0.25, 0.3) is 0 Å². The first kappa shape index (κ1) is 18.9. The average molecular weight is 348 g/mol. The van der Waals surface area contributed by atoms with E-state index >= 15 is 0 Å². The molecule has 0 radical (unpaired) electrons. The van der Waals surface area contributed by atoms with Crippen LogP contribution in [0.5, 0.6) is 5.75 Å². The van der Waals surface area contributed by atoms with Crippen molar-refractivity contribution in [2.24, 2.45) is 0 Å². The zero-order valence-electron chi connectivity index (χ0n) is 15.4. The molecule has 1 saturated heterocycles. The molecule has 1 aromatic carbocycles. The highest BCUT2D eigenvalue weighted by Gasteiger charge is 2.23. The van der Waals surface area contributed by atoms with Gasteiger partial charge in [-0.05, 0) is 44.0 Å². The number of rotatable bonds is 5. The Morgan fingerprint density at radius 3 is 2.32 bits per heavy atom. The Kier molecular flexibility index (Phi) is 6.50. The van der Waals surface area contributed by atoms with Crippen molar-refractivity contribution in [3.63, 3.8) is 0 Å². The third-order valence-electron chi connectivity index (χ3n) is 4.43. The van der Waals surface area contributed by atoms with Crippen LogP contribution >= 0.6 is 0 Å². The van der Waals surface area contributed by atoms with Crippen LogP contribution in [0.3, 0.4) is 0 Å². The molecule has 7 nitrogen and oxygen atoms in total. The summed E-state index contributed by atoms with van der Waals surface area (Å²) >= 11 is 0. The average Bonchev–Trinajstić information content (AvgIpc) is 2.61. The predicted octanol–water partition coefficient (Wildman–Crippen LogP) is 1.44. The zero-order chi connectivity index (χ0) is 18.4. The number of ether oxygens (including phenoxy) is 1. The topological polar surface area (TPSA) is 73.9 Å². The number of urea groups is 1. The number of likely N-dealkylation sites (N-methyl/N-ethyl adjacent to an activating group) is 1. The van der Waals surface area contributed by atoms with E-state index in [1.54, 1.807) is 28.1 Å². The summed E-state index contributed by atoms with van der Waals surface area (Å²) in [5, 5.41) is 5.66. The van der Waals surface area contributed by atoms with E-state index in [0.717, 1.165) is 37.4 Å². The zero-order valence-corrected chi connectivity index (χ0v) is 15.4. The van der Waals surface area contributed by atoms with E-state index in [1.807, 2.05) is 24.3 Å². The van der Waals surface area contributed by atoms with Crippen molar-refractivity contribution in [3.05, 3.63) is 24.3 Å². The summed E-state index contributed by atoms with van der Waals surface area (Å²) in [7, 11) is 5.00. The molecule has 0 aliphatic carbocycles. The van der Waals surface area contributed by atoms with Gasteiger partial charge in [-0.2, -0.15) is 0 Å². The predicted molar refractivity (Wildman–Crippen MR) is 98.1 cm³/mol. The second kappa shape index (κ2) is 8.60. The molecule has 0 saturated carbocycles. The van der Waals surface area contributed by atoms with E-state index in [2.05, 4.69) is 15.5 Å². The van der Waals surface area contributed by atoms with Crippen molar-refractivity contribution in [3.8, 4) is 5.75 Å². The summed E-state index contributed by atoms with van der Waals surface area (Å²) < 4.78 is 5.18. The van der Waals surface area contributed by atoms with Crippen LogP contribution in [0.2, 0.25) is 0 Å². The minimum absolute atomic E-state index is 0.121. The lowest BCUT2D eigenvalue weighted by Gasteiger charge is -2.34. The number of carbonyl (C=O) groups is 2. The number of hydrogen-bond acceptors (Lipinski definition) is 4. The molecule has 1 aliphatic rings. The summed E-state index contributed by atoms with van der Waals surface area (Å²) in [6.07, 6.45) is 1.74. The van der Waals surface area contributed by atoms with E-state index in [1.165, 1.54) is 4.90 Å². The summed E-state index contributed by atoms with van der Waals surface area (Å²) in [6, 6.07) is 7.31. The number of nitrogens with one attached hydrogen (secondary N) is 2. The van der Waals surface area contributed by atoms with E-state index in [9.17, 15) is 9.59 Å². The molecule has 1 atom stereocenters. The molecule has 2 rings (SSSR count). The van der Waals surface area contributed by atoms with Crippen molar-refractivity contribution in [1.82, 2.24) is 15.5 Å². The third kappa shape index (κ3) is 5.27. The smallest absolute Gasteiger partial charge is 0.315 e. The second-order valence-corrected chi connectivity index (χ2v) is 6.53. The van der Waals surface area contributed by atoms with Gasteiger partial charge in [-0.3, -0.25) is 4.79 Å². The number of nitrogens with zero attached hydrogens (tertiary/aromatic N) is 2. The van der Waals surface area contributed by atoms with Crippen molar-refractivity contribution >= 4 is 17.6 Å². The molecule has 0 spiro atoms. The van der Waals surface area contributed by atoms with Gasteiger partial charge in [-0.25, -0.2) is 4.79 Å². The molecule has 0 aromatic heterocycles. The summed E-state index contributed by atoms with van der Waals surface area (Å²) in [5.74, 6) is 0.725. The first-order chi connectivity index (χ1) is 11.9. The Morgan fingerprint density at radius 1 is 1.20 bits per heavy atom. The molecule has 1 aliphatic heterocycles. The van der Waals surface area contributed by atoms with Crippen molar-refractivity contribution < 1.29 is 14.3 Å². The standard InChI is InChI=1S/C18H28N4O3/c1-13(17(23)21(2)3)19-18(24)20-14-9-11-22(12-10-14)15-5-7-16(25-4)8-6-15/h5-8,13-14H,9-12H2,1-4H3,(H2,19,20,24)/t13-/m1/s1.